The Morgan fingerprint density at radius 3 is 2.35 bits per heavy atom. The van der Waals surface area contributed by atoms with Gasteiger partial charge in [0.25, 0.3) is 5.56 Å². The molecule has 0 aliphatic carbocycles. The number of hydrogen-bond acceptors (Lipinski definition) is 10. The van der Waals surface area contributed by atoms with E-state index in [1.807, 2.05) is 0 Å². The van der Waals surface area contributed by atoms with Gasteiger partial charge in [0.2, 0.25) is 0 Å². The van der Waals surface area contributed by atoms with Crippen LogP contribution in [0, 0.1) is 6.92 Å². The summed E-state index contributed by atoms with van der Waals surface area (Å²) in [5.74, 6) is 0. The van der Waals surface area contributed by atoms with Gasteiger partial charge in [-0.25, -0.2) is 18.5 Å². The summed E-state index contributed by atoms with van der Waals surface area (Å²) < 4.78 is 53.5. The Kier molecular flexibility index (Phi) is 8.87. The van der Waals surface area contributed by atoms with Crippen LogP contribution in [0.15, 0.2) is 20.9 Å². The minimum absolute atomic E-state index is 0.107. The minimum atomic E-state index is -5.72. The molecule has 1 fully saturated rings. The molecule has 18 nitrogen and oxygen atoms in total. The van der Waals surface area contributed by atoms with Crippen LogP contribution in [0.1, 0.15) is 38.1 Å². The predicted molar refractivity (Wildman–Crippen MR) is 111 cm³/mol. The van der Waals surface area contributed by atoms with Crippen LogP contribution in [0.25, 0.3) is 10.4 Å². The van der Waals surface area contributed by atoms with E-state index in [0.717, 1.165) is 9.13 Å². The second-order valence-corrected chi connectivity index (χ2v) is 11.7. The first kappa shape index (κ1) is 28.6. The quantitative estimate of drug-likeness (QED) is 0.139. The Hall–Kier alpha value is -1.64. The van der Waals surface area contributed by atoms with Crippen molar-refractivity contribution in [2.24, 2.45) is 5.11 Å². The van der Waals surface area contributed by atoms with Gasteiger partial charge in [0.05, 0.1) is 18.8 Å². The van der Waals surface area contributed by atoms with E-state index in [4.69, 9.17) is 20.1 Å². The van der Waals surface area contributed by atoms with Crippen molar-refractivity contribution in [3.63, 3.8) is 0 Å². The first-order valence-corrected chi connectivity index (χ1v) is 13.8. The Morgan fingerprint density at radius 1 is 1.21 bits per heavy atom. The van der Waals surface area contributed by atoms with Crippen LogP contribution >= 0.6 is 23.5 Å². The molecule has 21 heteroatoms. The molecule has 0 radical (unpaired) electrons. The smallest absolute Gasteiger partial charge is 0.352 e. The number of azide groups is 1. The maximum atomic E-state index is 12.8. The zero-order chi connectivity index (χ0) is 26.1. The van der Waals surface area contributed by atoms with E-state index in [0.29, 0.717) is 0 Å². The van der Waals surface area contributed by atoms with Crippen LogP contribution in [-0.2, 0) is 31.6 Å². The van der Waals surface area contributed by atoms with Crippen molar-refractivity contribution >= 4 is 23.5 Å². The molecule has 1 aromatic heterocycles. The number of hydrogen-bond donors (Lipinski definition) is 4. The van der Waals surface area contributed by atoms with Gasteiger partial charge in [-0.2, -0.15) is 8.62 Å². The number of aromatic nitrogens is 2. The molecule has 2 rings (SSSR count). The molecule has 0 spiro atoms. The van der Waals surface area contributed by atoms with Crippen LogP contribution in [0.2, 0.25) is 0 Å². The molecule has 4 N–H and O–H groups in total. The summed E-state index contributed by atoms with van der Waals surface area (Å²) in [5, 5.41) is 3.48. The normalized spacial score (nSPS) is 24.4. The predicted octanol–water partition coefficient (Wildman–Crippen LogP) is 1.21. The summed E-state index contributed by atoms with van der Waals surface area (Å²) in [4.78, 5) is 63.6. The first-order chi connectivity index (χ1) is 15.5. The fraction of sp³-hybridized carbons (Fsp3) is 0.692. The van der Waals surface area contributed by atoms with Gasteiger partial charge in [0, 0.05) is 29.1 Å². The second-order valence-electron chi connectivity index (χ2n) is 7.29. The summed E-state index contributed by atoms with van der Waals surface area (Å²) in [5.41, 5.74) is 7.79. The monoisotopic (exact) mass is 549 g/mol. The number of aryl methyl sites for hydroxylation is 1. The second kappa shape index (κ2) is 10.5. The lowest BCUT2D eigenvalue weighted by Gasteiger charge is -2.20. The van der Waals surface area contributed by atoms with Crippen LogP contribution in [-0.4, -0.2) is 47.5 Å². The van der Waals surface area contributed by atoms with Crippen molar-refractivity contribution in [1.82, 2.24) is 9.13 Å². The molecule has 0 bridgehead atoms. The van der Waals surface area contributed by atoms with Crippen molar-refractivity contribution in [1.29, 1.82) is 0 Å². The molecule has 192 valence electrons. The Balaban J connectivity index is 2.24. The maximum Gasteiger partial charge on any atom is 0.490 e. The molecule has 1 aliphatic heterocycles. The zero-order valence-electron chi connectivity index (χ0n) is 17.8. The van der Waals surface area contributed by atoms with E-state index < -0.39 is 65.7 Å². The summed E-state index contributed by atoms with van der Waals surface area (Å²) in [6.45, 7) is 3.85. The number of rotatable bonds is 10. The van der Waals surface area contributed by atoms with Gasteiger partial charge in [-0.05, 0) is 26.3 Å². The van der Waals surface area contributed by atoms with E-state index >= 15 is 0 Å². The highest BCUT2D eigenvalue weighted by Gasteiger charge is 2.43. The van der Waals surface area contributed by atoms with Crippen molar-refractivity contribution in [2.75, 3.05) is 6.61 Å². The molecule has 5 atom stereocenters. The van der Waals surface area contributed by atoms with Crippen molar-refractivity contribution in [2.45, 2.75) is 51.6 Å². The topological polar surface area (TPSA) is 262 Å². The average molecular weight is 549 g/mol. The molecule has 0 aromatic carbocycles. The Bertz CT molecular complexity index is 1230. The number of nitrogens with zero attached hydrogens (tertiary/aromatic N) is 5. The lowest BCUT2D eigenvalue weighted by molar-refractivity contribution is -0.0274. The van der Waals surface area contributed by atoms with Crippen molar-refractivity contribution < 1.29 is 51.2 Å². The lowest BCUT2D eigenvalue weighted by Crippen LogP contribution is -2.43. The van der Waals surface area contributed by atoms with Gasteiger partial charge in [0.15, 0.2) is 0 Å². The molecule has 2 unspecified atom stereocenters. The molecular formula is C13H22N5O13P3. The number of ether oxygens (including phenoxy) is 1. The summed E-state index contributed by atoms with van der Waals surface area (Å²) >= 11 is 0. The third-order valence-electron chi connectivity index (χ3n) is 4.36. The van der Waals surface area contributed by atoms with E-state index in [9.17, 15) is 33.1 Å². The minimum Gasteiger partial charge on any atom is -0.352 e. The molecule has 1 aromatic rings. The molecule has 0 amide bonds. The standard InChI is InChI=1S/C13H22N5O13P3/c1-7(2)18-12(19)8(3)5-17(13(18)20)11-4-9(15-16-14)10(29-11)6-28-33(24,25)31-34(26,27)30-32(21,22)23/h5,7,9-11H,4,6H2,1-3H3,(H,24,25)(H,26,27)(H2,21,22,23)/t9-,10+,11+/m0/s1. The van der Waals surface area contributed by atoms with Gasteiger partial charge < -0.3 is 24.3 Å². The molecule has 1 aliphatic rings. The molecule has 1 saturated heterocycles. The zero-order valence-corrected chi connectivity index (χ0v) is 20.5. The van der Waals surface area contributed by atoms with E-state index in [2.05, 4.69) is 23.2 Å². The fourth-order valence-electron chi connectivity index (χ4n) is 3.08. The van der Waals surface area contributed by atoms with Crippen LogP contribution < -0.4 is 11.2 Å². The molecule has 0 saturated carbocycles. The van der Waals surface area contributed by atoms with Gasteiger partial charge >= 0.3 is 29.2 Å². The van der Waals surface area contributed by atoms with Crippen LogP contribution in [0.4, 0.5) is 0 Å². The third kappa shape index (κ3) is 7.43. The average Bonchev–Trinajstić information content (AvgIpc) is 3.03. The van der Waals surface area contributed by atoms with Crippen molar-refractivity contribution in [3.8, 4) is 0 Å². The van der Waals surface area contributed by atoms with Crippen LogP contribution in [0.5, 0.6) is 0 Å². The largest absolute Gasteiger partial charge is 0.490 e. The lowest BCUT2D eigenvalue weighted by atomic mass is 10.1. The summed E-state index contributed by atoms with van der Waals surface area (Å²) in [6.07, 6.45) is -1.21. The molecular weight excluding hydrogens is 527 g/mol. The van der Waals surface area contributed by atoms with E-state index in [1.165, 1.54) is 13.1 Å². The van der Waals surface area contributed by atoms with Gasteiger partial charge in [-0.3, -0.25) is 18.5 Å². The highest BCUT2D eigenvalue weighted by Crippen LogP contribution is 2.66. The van der Waals surface area contributed by atoms with Gasteiger partial charge in [-0.15, -0.1) is 0 Å². The maximum absolute atomic E-state index is 12.8. The number of phosphoric acid groups is 3. The van der Waals surface area contributed by atoms with E-state index in [1.54, 1.807) is 13.8 Å². The van der Waals surface area contributed by atoms with Crippen LogP contribution in [0.3, 0.4) is 0 Å². The molecule has 2 heterocycles. The van der Waals surface area contributed by atoms with Gasteiger partial charge in [0.1, 0.15) is 6.23 Å². The summed E-state index contributed by atoms with van der Waals surface area (Å²) in [6, 6.07) is -1.53. The third-order valence-corrected chi connectivity index (χ3v) is 8.17. The molecule has 34 heavy (non-hydrogen) atoms. The highest BCUT2D eigenvalue weighted by atomic mass is 31.3. The number of phosphoric ester groups is 1. The van der Waals surface area contributed by atoms with Crippen molar-refractivity contribution in [3.05, 3.63) is 43.0 Å². The Morgan fingerprint density at radius 2 is 1.82 bits per heavy atom. The summed E-state index contributed by atoms with van der Waals surface area (Å²) in [7, 11) is -16.7. The SMILES string of the molecule is Cc1cn([C@H]2C[C@H](N=[N+]=[N-])[C@@H](COP(=O)(O)OP(=O)(O)OP(=O)(O)O)O2)c(=O)n(C(C)C)c1=O. The fourth-order valence-corrected chi connectivity index (χ4v) is 6.11. The van der Waals surface area contributed by atoms with E-state index in [-0.39, 0.29) is 12.0 Å². The highest BCUT2D eigenvalue weighted by molar-refractivity contribution is 7.66. The first-order valence-electron chi connectivity index (χ1n) is 9.28. The van der Waals surface area contributed by atoms with Gasteiger partial charge in [-0.1, -0.05) is 5.11 Å². The Labute approximate surface area is 190 Å².